The number of rotatable bonds is 8. The molecule has 0 aliphatic rings. The molecule has 1 atom stereocenters. The van der Waals surface area contributed by atoms with Crippen LogP contribution in [-0.4, -0.2) is 0 Å². The molecule has 2 heteroatoms. The first kappa shape index (κ1) is 15.1. The van der Waals surface area contributed by atoms with E-state index in [1.807, 2.05) is 0 Å². The summed E-state index contributed by atoms with van der Waals surface area (Å²) >= 11 is 0. The molecule has 0 saturated heterocycles. The Kier molecular flexibility index (Phi) is 6.92. The van der Waals surface area contributed by atoms with E-state index < -0.39 is 11.6 Å². The largest absolute Gasteiger partial charge is 0.204 e. The lowest BCUT2D eigenvalue weighted by atomic mass is 9.97. The van der Waals surface area contributed by atoms with Gasteiger partial charge in [0.05, 0.1) is 0 Å². The Morgan fingerprint density at radius 3 is 2.44 bits per heavy atom. The second-order valence-electron chi connectivity index (χ2n) is 5.24. The molecular weight excluding hydrogens is 230 g/mol. The van der Waals surface area contributed by atoms with E-state index in [2.05, 4.69) is 13.8 Å². The molecule has 0 N–H and O–H groups in total. The first-order valence-corrected chi connectivity index (χ1v) is 7.07. The molecule has 0 spiro atoms. The number of hydrogen-bond acceptors (Lipinski definition) is 0. The lowest BCUT2D eigenvalue weighted by Gasteiger charge is -2.09. The van der Waals surface area contributed by atoms with Gasteiger partial charge in [-0.3, -0.25) is 0 Å². The Hall–Kier alpha value is -0.920. The molecule has 0 aliphatic heterocycles. The molecule has 0 fully saturated rings. The van der Waals surface area contributed by atoms with Crippen molar-refractivity contribution < 1.29 is 8.78 Å². The highest BCUT2D eigenvalue weighted by Crippen LogP contribution is 2.16. The summed E-state index contributed by atoms with van der Waals surface area (Å²) in [4.78, 5) is 0. The first-order chi connectivity index (χ1) is 8.63. The van der Waals surface area contributed by atoms with Gasteiger partial charge in [-0.05, 0) is 36.5 Å². The lowest BCUT2D eigenvalue weighted by Crippen LogP contribution is -1.94. The summed E-state index contributed by atoms with van der Waals surface area (Å²) in [5.41, 5.74) is 0.899. The number of aryl methyl sites for hydroxylation is 1. The van der Waals surface area contributed by atoms with Gasteiger partial charge in [0.1, 0.15) is 0 Å². The van der Waals surface area contributed by atoms with Crippen molar-refractivity contribution in [2.24, 2.45) is 5.92 Å². The molecular formula is C16H24F2. The maximum absolute atomic E-state index is 13.0. The van der Waals surface area contributed by atoms with Gasteiger partial charge in [-0.2, -0.15) is 0 Å². The zero-order valence-electron chi connectivity index (χ0n) is 11.5. The van der Waals surface area contributed by atoms with Gasteiger partial charge in [-0.15, -0.1) is 0 Å². The third-order valence-corrected chi connectivity index (χ3v) is 3.43. The predicted molar refractivity (Wildman–Crippen MR) is 72.6 cm³/mol. The topological polar surface area (TPSA) is 0 Å². The molecule has 18 heavy (non-hydrogen) atoms. The zero-order valence-corrected chi connectivity index (χ0v) is 11.5. The fourth-order valence-corrected chi connectivity index (χ4v) is 2.33. The van der Waals surface area contributed by atoms with Crippen LogP contribution in [0.3, 0.4) is 0 Å². The van der Waals surface area contributed by atoms with Gasteiger partial charge >= 0.3 is 0 Å². The quantitative estimate of drug-likeness (QED) is 0.537. The van der Waals surface area contributed by atoms with Gasteiger partial charge in [-0.1, -0.05) is 52.0 Å². The van der Waals surface area contributed by atoms with Gasteiger partial charge in [-0.25, -0.2) is 8.78 Å². The van der Waals surface area contributed by atoms with Crippen molar-refractivity contribution in [1.29, 1.82) is 0 Å². The summed E-state index contributed by atoms with van der Waals surface area (Å²) in [6.07, 6.45) is 8.17. The van der Waals surface area contributed by atoms with Crippen LogP contribution in [0.5, 0.6) is 0 Å². The van der Waals surface area contributed by atoms with E-state index in [-0.39, 0.29) is 0 Å². The average Bonchev–Trinajstić information content (AvgIpc) is 2.33. The van der Waals surface area contributed by atoms with E-state index in [1.54, 1.807) is 6.07 Å². The Morgan fingerprint density at radius 2 is 1.78 bits per heavy atom. The molecule has 0 radical (unpaired) electrons. The molecule has 0 bridgehead atoms. The number of unbranched alkanes of at least 4 members (excludes halogenated alkanes) is 2. The average molecular weight is 254 g/mol. The second-order valence-corrected chi connectivity index (χ2v) is 5.24. The number of halogens is 2. The third kappa shape index (κ3) is 5.61. The highest BCUT2D eigenvalue weighted by molar-refractivity contribution is 5.17. The van der Waals surface area contributed by atoms with E-state index >= 15 is 0 Å². The van der Waals surface area contributed by atoms with Crippen LogP contribution in [0, 0.1) is 17.6 Å². The molecule has 0 amide bonds. The fourth-order valence-electron chi connectivity index (χ4n) is 2.33. The summed E-state index contributed by atoms with van der Waals surface area (Å²) in [6, 6.07) is 4.21. The summed E-state index contributed by atoms with van der Waals surface area (Å²) < 4.78 is 25.7. The van der Waals surface area contributed by atoms with Crippen molar-refractivity contribution in [1.82, 2.24) is 0 Å². The van der Waals surface area contributed by atoms with E-state index in [9.17, 15) is 8.78 Å². The normalized spacial score (nSPS) is 12.7. The summed E-state index contributed by atoms with van der Waals surface area (Å²) in [6.45, 7) is 4.53. The zero-order chi connectivity index (χ0) is 13.4. The van der Waals surface area contributed by atoms with Crippen LogP contribution in [-0.2, 0) is 6.42 Å². The van der Waals surface area contributed by atoms with Crippen LogP contribution in [0.25, 0.3) is 0 Å². The Morgan fingerprint density at radius 1 is 1.00 bits per heavy atom. The fraction of sp³-hybridized carbons (Fsp3) is 0.625. The smallest absolute Gasteiger partial charge is 0.159 e. The Labute approximate surface area is 109 Å². The molecule has 1 aromatic carbocycles. The van der Waals surface area contributed by atoms with Gasteiger partial charge < -0.3 is 0 Å². The van der Waals surface area contributed by atoms with Crippen LogP contribution in [0.15, 0.2) is 18.2 Å². The van der Waals surface area contributed by atoms with Crippen molar-refractivity contribution in [2.75, 3.05) is 0 Å². The van der Waals surface area contributed by atoms with Crippen molar-refractivity contribution in [3.63, 3.8) is 0 Å². The third-order valence-electron chi connectivity index (χ3n) is 3.43. The van der Waals surface area contributed by atoms with Crippen LogP contribution in [0.4, 0.5) is 8.78 Å². The number of hydrogen-bond donors (Lipinski definition) is 0. The molecule has 0 heterocycles. The van der Waals surface area contributed by atoms with Gasteiger partial charge in [0, 0.05) is 0 Å². The predicted octanol–water partition coefficient (Wildman–Crippen LogP) is 5.50. The molecule has 1 aromatic rings. The van der Waals surface area contributed by atoms with Gasteiger partial charge in [0.25, 0.3) is 0 Å². The number of benzene rings is 1. The Balaban J connectivity index is 2.16. The molecule has 102 valence electrons. The lowest BCUT2D eigenvalue weighted by molar-refractivity contribution is 0.456. The SMILES string of the molecule is CCCC(C)CCCCCc1ccc(F)c(F)c1. The standard InChI is InChI=1S/C16H24F2/c1-3-7-13(2)8-5-4-6-9-14-10-11-15(17)16(18)12-14/h10-13H,3-9H2,1-2H3. The minimum absolute atomic E-state index is 0.732. The summed E-state index contributed by atoms with van der Waals surface area (Å²) in [5, 5.41) is 0. The van der Waals surface area contributed by atoms with Gasteiger partial charge in [0.2, 0.25) is 0 Å². The minimum Gasteiger partial charge on any atom is -0.204 e. The summed E-state index contributed by atoms with van der Waals surface area (Å²) in [5.74, 6) is -0.672. The minimum atomic E-state index is -0.757. The highest BCUT2D eigenvalue weighted by atomic mass is 19.2. The van der Waals surface area contributed by atoms with Crippen LogP contribution < -0.4 is 0 Å². The maximum Gasteiger partial charge on any atom is 0.159 e. The van der Waals surface area contributed by atoms with E-state index in [0.29, 0.717) is 0 Å². The molecule has 0 aromatic heterocycles. The first-order valence-electron chi connectivity index (χ1n) is 7.07. The highest BCUT2D eigenvalue weighted by Gasteiger charge is 2.03. The van der Waals surface area contributed by atoms with Crippen LogP contribution >= 0.6 is 0 Å². The van der Waals surface area contributed by atoms with E-state index in [4.69, 9.17) is 0 Å². The van der Waals surface area contributed by atoms with E-state index in [1.165, 1.54) is 44.2 Å². The van der Waals surface area contributed by atoms with Crippen LogP contribution in [0.1, 0.15) is 57.9 Å². The molecule has 0 aliphatic carbocycles. The van der Waals surface area contributed by atoms with Crippen molar-refractivity contribution in [3.8, 4) is 0 Å². The molecule has 1 rings (SSSR count). The Bertz CT molecular complexity index is 347. The molecule has 0 saturated carbocycles. The maximum atomic E-state index is 13.0. The monoisotopic (exact) mass is 254 g/mol. The van der Waals surface area contributed by atoms with Crippen molar-refractivity contribution in [3.05, 3.63) is 35.4 Å². The molecule has 0 nitrogen and oxygen atoms in total. The van der Waals surface area contributed by atoms with Crippen molar-refractivity contribution in [2.45, 2.75) is 58.8 Å². The second kappa shape index (κ2) is 8.23. The summed E-state index contributed by atoms with van der Waals surface area (Å²) in [7, 11) is 0. The van der Waals surface area contributed by atoms with Gasteiger partial charge in [0.15, 0.2) is 11.6 Å². The van der Waals surface area contributed by atoms with Crippen LogP contribution in [0.2, 0.25) is 0 Å². The van der Waals surface area contributed by atoms with Crippen molar-refractivity contribution >= 4 is 0 Å². The van der Waals surface area contributed by atoms with E-state index in [0.717, 1.165) is 24.3 Å². The molecule has 1 unspecified atom stereocenters.